The van der Waals surface area contributed by atoms with Crippen molar-refractivity contribution in [3.8, 4) is 0 Å². The Bertz CT molecular complexity index is 466. The summed E-state index contributed by atoms with van der Waals surface area (Å²) in [5.41, 5.74) is 2.40. The van der Waals surface area contributed by atoms with Crippen LogP contribution in [0.15, 0.2) is 30.6 Å². The molecule has 0 fully saturated rings. The minimum atomic E-state index is 0.529. The zero-order valence-electron chi connectivity index (χ0n) is 10.4. The van der Waals surface area contributed by atoms with Gasteiger partial charge in [-0.1, -0.05) is 13.0 Å². The van der Waals surface area contributed by atoms with Gasteiger partial charge in [0.1, 0.15) is 0 Å². The SMILES string of the molecule is COCC(C)CNCc1cnn2ccccc12. The Morgan fingerprint density at radius 3 is 3.18 bits per heavy atom. The molecule has 92 valence electrons. The number of methoxy groups -OCH3 is 1. The monoisotopic (exact) mass is 233 g/mol. The molecule has 1 N–H and O–H groups in total. The molecule has 4 heteroatoms. The lowest BCUT2D eigenvalue weighted by Crippen LogP contribution is -2.23. The maximum atomic E-state index is 5.11. The largest absolute Gasteiger partial charge is 0.384 e. The van der Waals surface area contributed by atoms with E-state index in [0.29, 0.717) is 5.92 Å². The Morgan fingerprint density at radius 2 is 2.35 bits per heavy atom. The summed E-state index contributed by atoms with van der Waals surface area (Å²) in [5, 5.41) is 7.74. The van der Waals surface area contributed by atoms with Crippen molar-refractivity contribution in [1.29, 1.82) is 0 Å². The highest BCUT2D eigenvalue weighted by Gasteiger charge is 2.04. The Balaban J connectivity index is 1.91. The van der Waals surface area contributed by atoms with Crippen molar-refractivity contribution < 1.29 is 4.74 Å². The van der Waals surface area contributed by atoms with Crippen molar-refractivity contribution in [3.05, 3.63) is 36.2 Å². The van der Waals surface area contributed by atoms with Crippen LogP contribution in [-0.4, -0.2) is 29.9 Å². The van der Waals surface area contributed by atoms with E-state index in [1.54, 1.807) is 7.11 Å². The third kappa shape index (κ3) is 3.05. The average Bonchev–Trinajstić information content (AvgIpc) is 2.73. The molecule has 1 unspecified atom stereocenters. The van der Waals surface area contributed by atoms with Crippen LogP contribution in [0.3, 0.4) is 0 Å². The Labute approximate surface area is 102 Å². The number of hydrogen-bond acceptors (Lipinski definition) is 3. The second-order valence-electron chi connectivity index (χ2n) is 4.39. The van der Waals surface area contributed by atoms with Crippen LogP contribution in [0.25, 0.3) is 5.52 Å². The summed E-state index contributed by atoms with van der Waals surface area (Å²) in [6.45, 7) is 4.77. The van der Waals surface area contributed by atoms with Gasteiger partial charge in [0.25, 0.3) is 0 Å². The predicted molar refractivity (Wildman–Crippen MR) is 67.9 cm³/mol. The standard InChI is InChI=1S/C13H19N3O/c1-11(10-17-2)7-14-8-12-9-15-16-6-4-3-5-13(12)16/h3-6,9,11,14H,7-8,10H2,1-2H3. The molecule has 0 aliphatic rings. The van der Waals surface area contributed by atoms with Gasteiger partial charge < -0.3 is 10.1 Å². The molecule has 0 amide bonds. The smallest absolute Gasteiger partial charge is 0.0706 e. The van der Waals surface area contributed by atoms with E-state index in [1.165, 1.54) is 11.1 Å². The number of aromatic nitrogens is 2. The zero-order valence-corrected chi connectivity index (χ0v) is 10.4. The number of rotatable bonds is 6. The lowest BCUT2D eigenvalue weighted by Gasteiger charge is -2.10. The van der Waals surface area contributed by atoms with Crippen molar-refractivity contribution >= 4 is 5.52 Å². The molecule has 0 aliphatic heterocycles. The maximum absolute atomic E-state index is 5.11. The summed E-state index contributed by atoms with van der Waals surface area (Å²) in [4.78, 5) is 0. The van der Waals surface area contributed by atoms with Crippen LogP contribution in [-0.2, 0) is 11.3 Å². The first-order valence-electron chi connectivity index (χ1n) is 5.92. The van der Waals surface area contributed by atoms with E-state index in [4.69, 9.17) is 4.74 Å². The second kappa shape index (κ2) is 5.80. The van der Waals surface area contributed by atoms with Gasteiger partial charge >= 0.3 is 0 Å². The van der Waals surface area contributed by atoms with Gasteiger partial charge in [0.2, 0.25) is 0 Å². The predicted octanol–water partition coefficient (Wildman–Crippen LogP) is 1.71. The van der Waals surface area contributed by atoms with Crippen LogP contribution in [0.1, 0.15) is 12.5 Å². The van der Waals surface area contributed by atoms with Crippen LogP contribution in [0.2, 0.25) is 0 Å². The van der Waals surface area contributed by atoms with E-state index in [1.807, 2.05) is 29.0 Å². The van der Waals surface area contributed by atoms with E-state index >= 15 is 0 Å². The van der Waals surface area contributed by atoms with Crippen molar-refractivity contribution in [3.63, 3.8) is 0 Å². The zero-order chi connectivity index (χ0) is 12.1. The highest BCUT2D eigenvalue weighted by atomic mass is 16.5. The maximum Gasteiger partial charge on any atom is 0.0706 e. The number of pyridine rings is 1. The first-order valence-corrected chi connectivity index (χ1v) is 5.92. The topological polar surface area (TPSA) is 38.6 Å². The molecule has 1 atom stereocenters. The van der Waals surface area contributed by atoms with Crippen molar-refractivity contribution in [1.82, 2.24) is 14.9 Å². The molecule has 2 aromatic rings. The second-order valence-corrected chi connectivity index (χ2v) is 4.39. The molecule has 0 aromatic carbocycles. The van der Waals surface area contributed by atoms with Crippen molar-refractivity contribution in [2.75, 3.05) is 20.3 Å². The van der Waals surface area contributed by atoms with E-state index < -0.39 is 0 Å². The number of nitrogens with one attached hydrogen (secondary N) is 1. The third-order valence-electron chi connectivity index (χ3n) is 2.77. The first-order chi connectivity index (χ1) is 8.31. The minimum absolute atomic E-state index is 0.529. The van der Waals surface area contributed by atoms with Gasteiger partial charge in [-0.3, -0.25) is 0 Å². The number of nitrogens with zero attached hydrogens (tertiary/aromatic N) is 2. The molecular weight excluding hydrogens is 214 g/mol. The Kier molecular flexibility index (Phi) is 4.12. The van der Waals surface area contributed by atoms with Gasteiger partial charge in [0.15, 0.2) is 0 Å². The average molecular weight is 233 g/mol. The van der Waals surface area contributed by atoms with Crippen molar-refractivity contribution in [2.45, 2.75) is 13.5 Å². The summed E-state index contributed by atoms with van der Waals surface area (Å²) < 4.78 is 7.00. The molecule has 0 aliphatic carbocycles. The molecular formula is C13H19N3O. The lowest BCUT2D eigenvalue weighted by molar-refractivity contribution is 0.158. The van der Waals surface area contributed by atoms with Gasteiger partial charge in [-0.2, -0.15) is 5.10 Å². The summed E-state index contributed by atoms with van der Waals surface area (Å²) in [6.07, 6.45) is 3.88. The van der Waals surface area contributed by atoms with Crippen LogP contribution in [0, 0.1) is 5.92 Å². The summed E-state index contributed by atoms with van der Waals surface area (Å²) >= 11 is 0. The molecule has 0 radical (unpaired) electrons. The van der Waals surface area contributed by atoms with Crippen LogP contribution < -0.4 is 5.32 Å². The van der Waals surface area contributed by atoms with E-state index in [9.17, 15) is 0 Å². The number of hydrogen-bond donors (Lipinski definition) is 1. The molecule has 2 aromatic heterocycles. The van der Waals surface area contributed by atoms with Gasteiger partial charge in [-0.15, -0.1) is 0 Å². The third-order valence-corrected chi connectivity index (χ3v) is 2.77. The highest BCUT2D eigenvalue weighted by Crippen LogP contribution is 2.09. The normalized spacial score (nSPS) is 13.1. The first kappa shape index (κ1) is 12.1. The Morgan fingerprint density at radius 1 is 1.47 bits per heavy atom. The molecule has 17 heavy (non-hydrogen) atoms. The van der Waals surface area contributed by atoms with E-state index in [0.717, 1.165) is 19.7 Å². The molecule has 2 rings (SSSR count). The number of fused-ring (bicyclic) bond motifs is 1. The quantitative estimate of drug-likeness (QED) is 0.825. The molecule has 0 bridgehead atoms. The highest BCUT2D eigenvalue weighted by molar-refractivity contribution is 5.53. The fourth-order valence-electron chi connectivity index (χ4n) is 1.92. The lowest BCUT2D eigenvalue weighted by atomic mass is 10.2. The van der Waals surface area contributed by atoms with Gasteiger partial charge in [0, 0.05) is 38.6 Å². The molecule has 0 saturated heterocycles. The molecule has 0 saturated carbocycles. The van der Waals surface area contributed by atoms with Gasteiger partial charge in [0.05, 0.1) is 11.7 Å². The molecule has 4 nitrogen and oxygen atoms in total. The van der Waals surface area contributed by atoms with Crippen LogP contribution in [0.4, 0.5) is 0 Å². The van der Waals surface area contributed by atoms with Crippen molar-refractivity contribution in [2.24, 2.45) is 5.92 Å². The minimum Gasteiger partial charge on any atom is -0.384 e. The van der Waals surface area contributed by atoms with Crippen LogP contribution in [0.5, 0.6) is 0 Å². The number of ether oxygens (including phenoxy) is 1. The summed E-state index contributed by atoms with van der Waals surface area (Å²) in [6, 6.07) is 6.11. The summed E-state index contributed by atoms with van der Waals surface area (Å²) in [7, 11) is 1.74. The fourth-order valence-corrected chi connectivity index (χ4v) is 1.92. The van der Waals surface area contributed by atoms with E-state index in [-0.39, 0.29) is 0 Å². The fraction of sp³-hybridized carbons (Fsp3) is 0.462. The van der Waals surface area contributed by atoms with Crippen LogP contribution >= 0.6 is 0 Å². The van der Waals surface area contributed by atoms with Gasteiger partial charge in [-0.05, 0) is 18.1 Å². The Hall–Kier alpha value is -1.39. The van der Waals surface area contributed by atoms with Gasteiger partial charge in [-0.25, -0.2) is 4.52 Å². The molecule has 2 heterocycles. The summed E-state index contributed by atoms with van der Waals surface area (Å²) in [5.74, 6) is 0.529. The molecule has 0 spiro atoms. The van der Waals surface area contributed by atoms with E-state index in [2.05, 4.69) is 23.4 Å².